The molecule has 0 aromatic heterocycles. The standard InChI is InChI=1S/C14H22N2O2S/c1-4-16(13-9-15-10-13)19(17,18)14-7-5-12(6-8-14)11(2)3/h5-8,11,13,15H,4,9-10H2,1-3H3. The SMILES string of the molecule is CCN(C1CNC1)S(=O)(=O)c1ccc(C(C)C)cc1. The molecule has 0 unspecified atom stereocenters. The van der Waals surface area contributed by atoms with E-state index in [9.17, 15) is 8.42 Å². The molecule has 0 saturated carbocycles. The van der Waals surface area contributed by atoms with Crippen LogP contribution in [0.4, 0.5) is 0 Å². The second-order valence-corrected chi connectivity index (χ2v) is 7.13. The van der Waals surface area contributed by atoms with Crippen LogP contribution in [0, 0.1) is 0 Å². The zero-order chi connectivity index (χ0) is 14.0. The first-order valence-corrected chi connectivity index (χ1v) is 8.23. The van der Waals surface area contributed by atoms with E-state index < -0.39 is 10.0 Å². The highest BCUT2D eigenvalue weighted by molar-refractivity contribution is 7.89. The predicted octanol–water partition coefficient (Wildman–Crippen LogP) is 1.79. The van der Waals surface area contributed by atoms with Gasteiger partial charge in [0, 0.05) is 25.7 Å². The summed E-state index contributed by atoms with van der Waals surface area (Å²) in [5, 5.41) is 3.12. The van der Waals surface area contributed by atoms with Gasteiger partial charge in [0.05, 0.1) is 4.90 Å². The zero-order valence-electron chi connectivity index (χ0n) is 11.8. The lowest BCUT2D eigenvalue weighted by molar-refractivity contribution is 0.249. The Balaban J connectivity index is 2.27. The lowest BCUT2D eigenvalue weighted by Gasteiger charge is -2.36. The molecule has 5 heteroatoms. The van der Waals surface area contributed by atoms with Gasteiger partial charge in [0.1, 0.15) is 0 Å². The van der Waals surface area contributed by atoms with E-state index >= 15 is 0 Å². The first-order chi connectivity index (χ1) is 8.96. The fourth-order valence-electron chi connectivity index (χ4n) is 2.26. The molecule has 0 atom stereocenters. The molecule has 19 heavy (non-hydrogen) atoms. The van der Waals surface area contributed by atoms with Crippen molar-refractivity contribution in [3.63, 3.8) is 0 Å². The van der Waals surface area contributed by atoms with Crippen LogP contribution in [0.15, 0.2) is 29.2 Å². The van der Waals surface area contributed by atoms with E-state index in [4.69, 9.17) is 0 Å². The van der Waals surface area contributed by atoms with Gasteiger partial charge in [-0.1, -0.05) is 32.9 Å². The van der Waals surface area contributed by atoms with E-state index in [-0.39, 0.29) is 6.04 Å². The van der Waals surface area contributed by atoms with Crippen molar-refractivity contribution in [3.8, 4) is 0 Å². The summed E-state index contributed by atoms with van der Waals surface area (Å²) >= 11 is 0. The molecule has 0 amide bonds. The van der Waals surface area contributed by atoms with Crippen molar-refractivity contribution in [2.24, 2.45) is 0 Å². The van der Waals surface area contributed by atoms with Gasteiger partial charge in [-0.25, -0.2) is 8.42 Å². The molecule has 0 bridgehead atoms. The fourth-order valence-corrected chi connectivity index (χ4v) is 3.89. The highest BCUT2D eigenvalue weighted by atomic mass is 32.2. The van der Waals surface area contributed by atoms with Crippen LogP contribution in [0.3, 0.4) is 0 Å². The van der Waals surface area contributed by atoms with Crippen molar-refractivity contribution in [1.29, 1.82) is 0 Å². The van der Waals surface area contributed by atoms with Crippen molar-refractivity contribution < 1.29 is 8.42 Å². The zero-order valence-corrected chi connectivity index (χ0v) is 12.6. The summed E-state index contributed by atoms with van der Waals surface area (Å²) < 4.78 is 26.7. The van der Waals surface area contributed by atoms with Crippen molar-refractivity contribution >= 4 is 10.0 Å². The topological polar surface area (TPSA) is 49.4 Å². The van der Waals surface area contributed by atoms with Crippen LogP contribution in [0.2, 0.25) is 0 Å². The summed E-state index contributed by atoms with van der Waals surface area (Å²) in [6, 6.07) is 7.35. The first-order valence-electron chi connectivity index (χ1n) is 6.79. The van der Waals surface area contributed by atoms with Gasteiger partial charge < -0.3 is 5.32 Å². The summed E-state index contributed by atoms with van der Waals surface area (Å²) in [5.74, 6) is 0.412. The van der Waals surface area contributed by atoms with E-state index in [1.54, 1.807) is 16.4 Å². The van der Waals surface area contributed by atoms with Crippen LogP contribution in [0.1, 0.15) is 32.3 Å². The number of sulfonamides is 1. The van der Waals surface area contributed by atoms with E-state index in [2.05, 4.69) is 19.2 Å². The number of likely N-dealkylation sites (N-methyl/N-ethyl adjacent to an activating group) is 1. The number of hydrogen-bond acceptors (Lipinski definition) is 3. The molecule has 1 fully saturated rings. The molecule has 1 aromatic carbocycles. The van der Waals surface area contributed by atoms with E-state index in [1.807, 2.05) is 19.1 Å². The van der Waals surface area contributed by atoms with Crippen LogP contribution < -0.4 is 5.32 Å². The molecule has 1 heterocycles. The molecule has 1 aliphatic heterocycles. The molecular formula is C14H22N2O2S. The molecule has 1 saturated heterocycles. The molecule has 4 nitrogen and oxygen atoms in total. The summed E-state index contributed by atoms with van der Waals surface area (Å²) in [7, 11) is -3.36. The van der Waals surface area contributed by atoms with E-state index in [1.165, 1.54) is 0 Å². The Morgan fingerprint density at radius 2 is 1.84 bits per heavy atom. The number of nitrogens with zero attached hydrogens (tertiary/aromatic N) is 1. The lowest BCUT2D eigenvalue weighted by atomic mass is 10.0. The van der Waals surface area contributed by atoms with Gasteiger partial charge in [-0.3, -0.25) is 0 Å². The van der Waals surface area contributed by atoms with Crippen LogP contribution in [-0.4, -0.2) is 38.4 Å². The average molecular weight is 282 g/mol. The monoisotopic (exact) mass is 282 g/mol. The molecule has 106 valence electrons. The Kier molecular flexibility index (Phi) is 4.28. The van der Waals surface area contributed by atoms with Gasteiger partial charge in [-0.15, -0.1) is 0 Å². The van der Waals surface area contributed by atoms with Gasteiger partial charge in [-0.2, -0.15) is 4.31 Å². The van der Waals surface area contributed by atoms with Gasteiger partial charge in [0.25, 0.3) is 0 Å². The summed E-state index contributed by atoms with van der Waals surface area (Å²) in [6.45, 7) is 8.09. The minimum absolute atomic E-state index is 0.0970. The third-order valence-electron chi connectivity index (χ3n) is 3.63. The van der Waals surface area contributed by atoms with Crippen LogP contribution in [0.25, 0.3) is 0 Å². The maximum Gasteiger partial charge on any atom is 0.243 e. The average Bonchev–Trinajstić information content (AvgIpc) is 2.33. The minimum atomic E-state index is -3.36. The third kappa shape index (κ3) is 2.83. The maximum absolute atomic E-state index is 12.6. The van der Waals surface area contributed by atoms with Crippen LogP contribution >= 0.6 is 0 Å². The molecular weight excluding hydrogens is 260 g/mol. The molecule has 1 aromatic rings. The Bertz CT molecular complexity index is 519. The number of benzene rings is 1. The normalized spacial score (nSPS) is 16.9. The minimum Gasteiger partial charge on any atom is -0.313 e. The Morgan fingerprint density at radius 1 is 1.26 bits per heavy atom. The predicted molar refractivity (Wildman–Crippen MR) is 76.8 cm³/mol. The summed E-state index contributed by atoms with van der Waals surface area (Å²) in [4.78, 5) is 0.394. The second kappa shape index (κ2) is 5.61. The van der Waals surface area contributed by atoms with E-state index in [0.29, 0.717) is 17.4 Å². The first kappa shape index (κ1) is 14.5. The molecule has 1 aliphatic rings. The van der Waals surface area contributed by atoms with Gasteiger partial charge in [0.2, 0.25) is 10.0 Å². The number of hydrogen-bond donors (Lipinski definition) is 1. The third-order valence-corrected chi connectivity index (χ3v) is 5.67. The van der Waals surface area contributed by atoms with Gasteiger partial charge in [-0.05, 0) is 23.6 Å². The molecule has 0 spiro atoms. The van der Waals surface area contributed by atoms with Crippen molar-refractivity contribution in [3.05, 3.63) is 29.8 Å². The lowest BCUT2D eigenvalue weighted by Crippen LogP contribution is -2.58. The molecule has 2 rings (SSSR count). The van der Waals surface area contributed by atoms with Crippen LogP contribution in [-0.2, 0) is 10.0 Å². The number of nitrogens with one attached hydrogen (secondary N) is 1. The van der Waals surface area contributed by atoms with Gasteiger partial charge >= 0.3 is 0 Å². The van der Waals surface area contributed by atoms with Crippen molar-refractivity contribution in [2.75, 3.05) is 19.6 Å². The Hall–Kier alpha value is -0.910. The summed E-state index contributed by atoms with van der Waals surface area (Å²) in [5.41, 5.74) is 1.16. The maximum atomic E-state index is 12.6. The second-order valence-electron chi connectivity index (χ2n) is 5.24. The largest absolute Gasteiger partial charge is 0.313 e. The highest BCUT2D eigenvalue weighted by Gasteiger charge is 2.33. The fraction of sp³-hybridized carbons (Fsp3) is 0.571. The van der Waals surface area contributed by atoms with Crippen LogP contribution in [0.5, 0.6) is 0 Å². The van der Waals surface area contributed by atoms with Crippen molar-refractivity contribution in [1.82, 2.24) is 9.62 Å². The quantitative estimate of drug-likeness (QED) is 0.896. The summed E-state index contributed by atoms with van der Waals surface area (Å²) in [6.07, 6.45) is 0. The molecule has 1 N–H and O–H groups in total. The molecule has 0 aliphatic carbocycles. The number of rotatable bonds is 5. The smallest absolute Gasteiger partial charge is 0.243 e. The Morgan fingerprint density at radius 3 is 2.21 bits per heavy atom. The van der Waals surface area contributed by atoms with E-state index in [0.717, 1.165) is 18.7 Å². The molecule has 0 radical (unpaired) electrons. The highest BCUT2D eigenvalue weighted by Crippen LogP contribution is 2.22. The van der Waals surface area contributed by atoms with Crippen molar-refractivity contribution in [2.45, 2.75) is 37.6 Å². The Labute approximate surface area is 115 Å². The van der Waals surface area contributed by atoms with Gasteiger partial charge in [0.15, 0.2) is 0 Å².